The van der Waals surface area contributed by atoms with E-state index < -0.39 is 0 Å². The second-order valence-corrected chi connectivity index (χ2v) is 5.48. The summed E-state index contributed by atoms with van der Waals surface area (Å²) in [7, 11) is 0. The Kier molecular flexibility index (Phi) is 2.62. The molecule has 1 N–H and O–H groups in total. The highest BCUT2D eigenvalue weighted by Gasteiger charge is 2.30. The van der Waals surface area contributed by atoms with Crippen molar-refractivity contribution in [2.24, 2.45) is 5.92 Å². The lowest BCUT2D eigenvalue weighted by Crippen LogP contribution is -2.17. The predicted octanol–water partition coefficient (Wildman–Crippen LogP) is 4.08. The molecular weight excluding hydrogens is 194 g/mol. The van der Waals surface area contributed by atoms with Crippen molar-refractivity contribution in [3.63, 3.8) is 0 Å². The summed E-state index contributed by atoms with van der Waals surface area (Å²) < 4.78 is 0. The van der Waals surface area contributed by atoms with Gasteiger partial charge in [-0.05, 0) is 37.3 Å². The normalized spacial score (nSPS) is 25.2. The van der Waals surface area contributed by atoms with E-state index >= 15 is 0 Å². The molecule has 1 aromatic rings. The van der Waals surface area contributed by atoms with Gasteiger partial charge in [-0.25, -0.2) is 0 Å². The second-order valence-electron chi connectivity index (χ2n) is 5.48. The van der Waals surface area contributed by atoms with E-state index in [1.807, 2.05) is 0 Å². The molecule has 1 atom stereocenters. The first-order chi connectivity index (χ1) is 7.84. The maximum atomic E-state index is 3.57. The van der Waals surface area contributed by atoms with Gasteiger partial charge in [0.15, 0.2) is 0 Å². The van der Waals surface area contributed by atoms with Gasteiger partial charge in [-0.3, -0.25) is 0 Å². The van der Waals surface area contributed by atoms with E-state index in [-0.39, 0.29) is 0 Å². The molecule has 86 valence electrons. The minimum absolute atomic E-state index is 0.787. The van der Waals surface area contributed by atoms with Crippen LogP contribution in [0.2, 0.25) is 0 Å². The molecule has 1 aliphatic heterocycles. The van der Waals surface area contributed by atoms with Crippen molar-refractivity contribution in [2.75, 3.05) is 11.9 Å². The zero-order valence-electron chi connectivity index (χ0n) is 10.1. The zero-order chi connectivity index (χ0) is 11.0. The Morgan fingerprint density at radius 1 is 1.12 bits per heavy atom. The molecule has 1 fully saturated rings. The topological polar surface area (TPSA) is 12.0 Å². The van der Waals surface area contributed by atoms with E-state index in [2.05, 4.69) is 30.4 Å². The molecule has 1 heteroatoms. The van der Waals surface area contributed by atoms with Crippen LogP contribution in [0.15, 0.2) is 18.2 Å². The average Bonchev–Trinajstić information content (AvgIpc) is 2.73. The van der Waals surface area contributed by atoms with Crippen molar-refractivity contribution < 1.29 is 0 Å². The molecule has 0 radical (unpaired) electrons. The Labute approximate surface area is 98.3 Å². The number of nitrogens with one attached hydrogen (secondary N) is 1. The molecule has 1 aromatic carbocycles. The molecule has 2 aliphatic rings. The maximum Gasteiger partial charge on any atom is 0.0376 e. The van der Waals surface area contributed by atoms with Crippen LogP contribution in [-0.2, 0) is 0 Å². The Hall–Kier alpha value is -0.980. The van der Waals surface area contributed by atoms with Crippen molar-refractivity contribution in [3.05, 3.63) is 29.3 Å². The fraction of sp³-hybridized carbons (Fsp3) is 0.600. The lowest BCUT2D eigenvalue weighted by Gasteiger charge is -2.27. The number of hydrogen-bond donors (Lipinski definition) is 1. The molecule has 0 aromatic heterocycles. The molecule has 1 aliphatic carbocycles. The monoisotopic (exact) mass is 215 g/mol. The SMILES string of the molecule is Cc1ccc2c(c1)C(C1CCCCC1)CN2. The van der Waals surface area contributed by atoms with Gasteiger partial charge in [0.05, 0.1) is 0 Å². The standard InChI is InChI=1S/C15H21N/c1-11-7-8-15-13(9-11)14(10-16-15)12-5-3-2-4-6-12/h7-9,12,14,16H,2-6,10H2,1H3. The summed E-state index contributed by atoms with van der Waals surface area (Å²) >= 11 is 0. The molecule has 0 spiro atoms. The van der Waals surface area contributed by atoms with Gasteiger partial charge in [-0.1, -0.05) is 37.0 Å². The van der Waals surface area contributed by atoms with E-state index in [1.165, 1.54) is 49.9 Å². The molecule has 0 amide bonds. The van der Waals surface area contributed by atoms with Gasteiger partial charge in [0.25, 0.3) is 0 Å². The second kappa shape index (κ2) is 4.12. The average molecular weight is 215 g/mol. The van der Waals surface area contributed by atoms with Crippen LogP contribution in [0.4, 0.5) is 5.69 Å². The first kappa shape index (κ1) is 10.2. The molecule has 1 unspecified atom stereocenters. The van der Waals surface area contributed by atoms with Crippen LogP contribution in [-0.4, -0.2) is 6.54 Å². The van der Waals surface area contributed by atoms with E-state index in [9.17, 15) is 0 Å². The fourth-order valence-electron chi connectivity index (χ4n) is 3.44. The van der Waals surface area contributed by atoms with Gasteiger partial charge in [-0.15, -0.1) is 0 Å². The molecule has 0 saturated heterocycles. The third-order valence-electron chi connectivity index (χ3n) is 4.34. The highest BCUT2D eigenvalue weighted by Crippen LogP contribution is 2.42. The van der Waals surface area contributed by atoms with Crippen LogP contribution in [0.3, 0.4) is 0 Å². The number of fused-ring (bicyclic) bond motifs is 1. The van der Waals surface area contributed by atoms with Gasteiger partial charge >= 0.3 is 0 Å². The summed E-state index contributed by atoms with van der Waals surface area (Å²) in [5.74, 6) is 1.72. The van der Waals surface area contributed by atoms with Crippen LogP contribution in [0.25, 0.3) is 0 Å². The molecule has 1 saturated carbocycles. The summed E-state index contributed by atoms with van der Waals surface area (Å²) in [6, 6.07) is 6.87. The van der Waals surface area contributed by atoms with Crippen LogP contribution in [0.5, 0.6) is 0 Å². The molecule has 0 bridgehead atoms. The maximum absolute atomic E-state index is 3.57. The van der Waals surface area contributed by atoms with Crippen LogP contribution >= 0.6 is 0 Å². The van der Waals surface area contributed by atoms with Crippen LogP contribution < -0.4 is 5.32 Å². The van der Waals surface area contributed by atoms with Crippen molar-refractivity contribution in [2.45, 2.75) is 44.9 Å². The van der Waals surface area contributed by atoms with Gasteiger partial charge in [-0.2, -0.15) is 0 Å². The van der Waals surface area contributed by atoms with E-state index in [4.69, 9.17) is 0 Å². The minimum Gasteiger partial charge on any atom is -0.384 e. The van der Waals surface area contributed by atoms with Crippen molar-refractivity contribution >= 4 is 5.69 Å². The Morgan fingerprint density at radius 3 is 2.75 bits per heavy atom. The summed E-state index contributed by atoms with van der Waals surface area (Å²) in [4.78, 5) is 0. The molecular formula is C15H21N. The quantitative estimate of drug-likeness (QED) is 0.744. The lowest BCUT2D eigenvalue weighted by molar-refractivity contribution is 0.316. The summed E-state index contributed by atoms with van der Waals surface area (Å²) in [5.41, 5.74) is 4.39. The first-order valence-corrected chi connectivity index (χ1v) is 6.69. The molecule has 1 heterocycles. The molecule has 1 nitrogen and oxygen atoms in total. The molecule has 16 heavy (non-hydrogen) atoms. The van der Waals surface area contributed by atoms with Gasteiger partial charge in [0.2, 0.25) is 0 Å². The Bertz CT molecular complexity index is 377. The van der Waals surface area contributed by atoms with E-state index in [1.54, 1.807) is 5.56 Å². The van der Waals surface area contributed by atoms with Crippen LogP contribution in [0, 0.1) is 12.8 Å². The molecule has 3 rings (SSSR count). The Balaban J connectivity index is 1.86. The van der Waals surface area contributed by atoms with Crippen LogP contribution in [0.1, 0.15) is 49.1 Å². The Morgan fingerprint density at radius 2 is 1.94 bits per heavy atom. The highest BCUT2D eigenvalue weighted by molar-refractivity contribution is 5.59. The third-order valence-corrected chi connectivity index (χ3v) is 4.34. The van der Waals surface area contributed by atoms with E-state index in [0.717, 1.165) is 11.8 Å². The summed E-state index contributed by atoms with van der Waals surface area (Å²) in [5, 5.41) is 3.57. The third kappa shape index (κ3) is 1.73. The zero-order valence-corrected chi connectivity index (χ0v) is 10.1. The summed E-state index contributed by atoms with van der Waals surface area (Å²) in [6.07, 6.45) is 7.24. The van der Waals surface area contributed by atoms with E-state index in [0.29, 0.717) is 0 Å². The van der Waals surface area contributed by atoms with Crippen molar-refractivity contribution in [1.29, 1.82) is 0 Å². The number of hydrogen-bond acceptors (Lipinski definition) is 1. The fourth-order valence-corrected chi connectivity index (χ4v) is 3.44. The lowest BCUT2D eigenvalue weighted by atomic mass is 9.77. The number of anilines is 1. The number of aryl methyl sites for hydroxylation is 1. The highest BCUT2D eigenvalue weighted by atomic mass is 14.9. The first-order valence-electron chi connectivity index (χ1n) is 6.69. The summed E-state index contributed by atoms with van der Waals surface area (Å²) in [6.45, 7) is 3.37. The largest absolute Gasteiger partial charge is 0.384 e. The van der Waals surface area contributed by atoms with Crippen molar-refractivity contribution in [1.82, 2.24) is 0 Å². The van der Waals surface area contributed by atoms with Gasteiger partial charge in [0, 0.05) is 18.2 Å². The smallest absolute Gasteiger partial charge is 0.0376 e. The van der Waals surface area contributed by atoms with Gasteiger partial charge < -0.3 is 5.32 Å². The number of rotatable bonds is 1. The predicted molar refractivity (Wildman–Crippen MR) is 69.0 cm³/mol. The minimum atomic E-state index is 0.787. The van der Waals surface area contributed by atoms with Crippen molar-refractivity contribution in [3.8, 4) is 0 Å². The van der Waals surface area contributed by atoms with Gasteiger partial charge in [0.1, 0.15) is 0 Å². The number of benzene rings is 1.